The Labute approximate surface area is 186 Å². The van der Waals surface area contributed by atoms with Gasteiger partial charge in [0.05, 0.1) is 18.1 Å². The first-order valence-electron chi connectivity index (χ1n) is 9.74. The highest BCUT2D eigenvalue weighted by molar-refractivity contribution is 7.89. The highest BCUT2D eigenvalue weighted by Crippen LogP contribution is 2.28. The van der Waals surface area contributed by atoms with Gasteiger partial charge in [-0.1, -0.05) is 29.8 Å². The van der Waals surface area contributed by atoms with Crippen molar-refractivity contribution in [3.05, 3.63) is 94.3 Å². The van der Waals surface area contributed by atoms with Crippen LogP contribution in [0.4, 0.5) is 4.39 Å². The van der Waals surface area contributed by atoms with Gasteiger partial charge in [0.15, 0.2) is 0 Å². The molecule has 0 aromatic heterocycles. The molecule has 3 aromatic rings. The maximum Gasteiger partial charge on any atom is 0.243 e. The quantitative estimate of drug-likeness (QED) is 0.530. The van der Waals surface area contributed by atoms with Crippen molar-refractivity contribution < 1.29 is 22.3 Å². The Bertz CT molecular complexity index is 1170. The minimum Gasteiger partial charge on any atom is -0.492 e. The third kappa shape index (κ3) is 5.25. The zero-order chi connectivity index (χ0) is 21.8. The number of fused-ring (bicyclic) bond motifs is 1. The van der Waals surface area contributed by atoms with Crippen LogP contribution in [0.3, 0.4) is 0 Å². The third-order valence-corrected chi connectivity index (χ3v) is 7.06. The van der Waals surface area contributed by atoms with Gasteiger partial charge in [-0.15, -0.1) is 0 Å². The van der Waals surface area contributed by atoms with Crippen molar-refractivity contribution in [2.45, 2.75) is 24.7 Å². The van der Waals surface area contributed by atoms with Crippen molar-refractivity contribution in [1.82, 2.24) is 4.31 Å². The van der Waals surface area contributed by atoms with E-state index >= 15 is 0 Å². The highest BCUT2D eigenvalue weighted by Gasteiger charge is 2.27. The molecule has 0 aliphatic carbocycles. The molecule has 0 spiro atoms. The van der Waals surface area contributed by atoms with E-state index in [4.69, 9.17) is 21.1 Å². The van der Waals surface area contributed by atoms with Crippen LogP contribution >= 0.6 is 11.6 Å². The normalized spacial score (nSPS) is 14.5. The highest BCUT2D eigenvalue weighted by atomic mass is 35.5. The van der Waals surface area contributed by atoms with E-state index in [2.05, 4.69) is 0 Å². The van der Waals surface area contributed by atoms with Gasteiger partial charge in [0.2, 0.25) is 10.0 Å². The fraction of sp³-hybridized carbons (Fsp3) is 0.217. The van der Waals surface area contributed by atoms with E-state index in [0.29, 0.717) is 17.4 Å². The van der Waals surface area contributed by atoms with Crippen LogP contribution in [0.15, 0.2) is 71.6 Å². The molecule has 0 radical (unpaired) electrons. The average molecular weight is 462 g/mol. The molecule has 4 rings (SSSR count). The molecule has 5 nitrogen and oxygen atoms in total. The van der Waals surface area contributed by atoms with Crippen LogP contribution in [-0.2, 0) is 34.5 Å². The molecule has 8 heteroatoms. The molecule has 162 valence electrons. The summed E-state index contributed by atoms with van der Waals surface area (Å²) in [6, 6.07) is 18.0. The second kappa shape index (κ2) is 9.36. The summed E-state index contributed by atoms with van der Waals surface area (Å²) in [6.45, 7) is 1.29. The molecule has 0 saturated heterocycles. The standard InChI is InChI=1S/C23H21ClFNO4S/c24-20-5-7-22(8-6-20)31(27,28)26-10-11-30-23-9-4-18(12-19(23)14-26)16-29-15-17-2-1-3-21(25)13-17/h1-9,12-13H,10-11,14-16H2. The van der Waals surface area contributed by atoms with E-state index in [-0.39, 0.29) is 37.0 Å². The smallest absolute Gasteiger partial charge is 0.243 e. The molecule has 1 heterocycles. The molecular weight excluding hydrogens is 441 g/mol. The van der Waals surface area contributed by atoms with Crippen LogP contribution in [0, 0.1) is 5.82 Å². The van der Waals surface area contributed by atoms with Crippen molar-refractivity contribution in [1.29, 1.82) is 0 Å². The van der Waals surface area contributed by atoms with Crippen LogP contribution in [-0.4, -0.2) is 25.9 Å². The SMILES string of the molecule is O=S(=O)(c1ccc(Cl)cc1)N1CCOc2ccc(COCc3cccc(F)c3)cc2C1. The summed E-state index contributed by atoms with van der Waals surface area (Å²) >= 11 is 5.89. The fourth-order valence-corrected chi connectivity index (χ4v) is 4.92. The van der Waals surface area contributed by atoms with Gasteiger partial charge in [0.25, 0.3) is 0 Å². The molecule has 0 unspecified atom stereocenters. The van der Waals surface area contributed by atoms with Gasteiger partial charge in [-0.3, -0.25) is 0 Å². The van der Waals surface area contributed by atoms with E-state index in [1.54, 1.807) is 24.3 Å². The second-order valence-electron chi connectivity index (χ2n) is 7.21. The number of nitrogens with zero attached hydrogens (tertiary/aromatic N) is 1. The Kier molecular flexibility index (Phi) is 6.57. The van der Waals surface area contributed by atoms with Gasteiger partial charge >= 0.3 is 0 Å². The molecular formula is C23H21ClFNO4S. The number of ether oxygens (including phenoxy) is 2. The van der Waals surface area contributed by atoms with Gasteiger partial charge in [0.1, 0.15) is 18.2 Å². The predicted octanol–water partition coefficient (Wildman–Crippen LogP) is 4.78. The Balaban J connectivity index is 1.48. The summed E-state index contributed by atoms with van der Waals surface area (Å²) in [6.07, 6.45) is 0. The number of hydrogen-bond donors (Lipinski definition) is 0. The van der Waals surface area contributed by atoms with Gasteiger partial charge in [-0.25, -0.2) is 12.8 Å². The lowest BCUT2D eigenvalue weighted by molar-refractivity contribution is 0.107. The molecule has 3 aromatic carbocycles. The van der Waals surface area contributed by atoms with Gasteiger partial charge < -0.3 is 9.47 Å². The van der Waals surface area contributed by atoms with Gasteiger partial charge in [-0.05, 0) is 59.7 Å². The first kappa shape index (κ1) is 21.8. The van der Waals surface area contributed by atoms with Crippen molar-refractivity contribution in [2.24, 2.45) is 0 Å². The minimum atomic E-state index is -3.69. The van der Waals surface area contributed by atoms with Gasteiger partial charge in [-0.2, -0.15) is 4.31 Å². The molecule has 0 saturated carbocycles. The zero-order valence-corrected chi connectivity index (χ0v) is 18.2. The molecule has 0 amide bonds. The van der Waals surface area contributed by atoms with Crippen LogP contribution in [0.2, 0.25) is 5.02 Å². The molecule has 0 N–H and O–H groups in total. The summed E-state index contributed by atoms with van der Waals surface area (Å²) < 4.78 is 52.3. The van der Waals surface area contributed by atoms with E-state index in [1.165, 1.54) is 28.6 Å². The summed E-state index contributed by atoms with van der Waals surface area (Å²) in [5, 5.41) is 0.478. The molecule has 1 aliphatic heterocycles. The van der Waals surface area contributed by atoms with Crippen LogP contribution in [0.5, 0.6) is 5.75 Å². The largest absolute Gasteiger partial charge is 0.492 e. The molecule has 0 atom stereocenters. The lowest BCUT2D eigenvalue weighted by Gasteiger charge is -2.19. The Morgan fingerprint density at radius 2 is 1.74 bits per heavy atom. The van der Waals surface area contributed by atoms with Crippen molar-refractivity contribution >= 4 is 21.6 Å². The molecule has 1 aliphatic rings. The predicted molar refractivity (Wildman–Crippen MR) is 116 cm³/mol. The van der Waals surface area contributed by atoms with Crippen molar-refractivity contribution in [2.75, 3.05) is 13.2 Å². The van der Waals surface area contributed by atoms with E-state index in [1.807, 2.05) is 18.2 Å². The maximum atomic E-state index is 13.3. The number of hydrogen-bond acceptors (Lipinski definition) is 4. The lowest BCUT2D eigenvalue weighted by atomic mass is 10.1. The minimum absolute atomic E-state index is 0.190. The molecule has 31 heavy (non-hydrogen) atoms. The van der Waals surface area contributed by atoms with Crippen molar-refractivity contribution in [3.8, 4) is 5.75 Å². The van der Waals surface area contributed by atoms with E-state index in [9.17, 15) is 12.8 Å². The summed E-state index contributed by atoms with van der Waals surface area (Å²) in [5.41, 5.74) is 2.39. The maximum absolute atomic E-state index is 13.3. The first-order valence-corrected chi connectivity index (χ1v) is 11.6. The third-order valence-electron chi connectivity index (χ3n) is 4.95. The summed E-state index contributed by atoms with van der Waals surface area (Å²) in [4.78, 5) is 0.190. The van der Waals surface area contributed by atoms with E-state index in [0.717, 1.165) is 16.7 Å². The monoisotopic (exact) mass is 461 g/mol. The average Bonchev–Trinajstić information content (AvgIpc) is 2.97. The van der Waals surface area contributed by atoms with Crippen LogP contribution in [0.1, 0.15) is 16.7 Å². The lowest BCUT2D eigenvalue weighted by Crippen LogP contribution is -2.32. The Morgan fingerprint density at radius 1 is 1.00 bits per heavy atom. The fourth-order valence-electron chi connectivity index (χ4n) is 3.39. The first-order chi connectivity index (χ1) is 14.9. The number of rotatable bonds is 6. The number of sulfonamides is 1. The number of halogens is 2. The molecule has 0 bridgehead atoms. The topological polar surface area (TPSA) is 55.8 Å². The van der Waals surface area contributed by atoms with E-state index < -0.39 is 10.0 Å². The van der Waals surface area contributed by atoms with Gasteiger partial charge in [0, 0.05) is 23.7 Å². The Hall–Kier alpha value is -2.45. The summed E-state index contributed by atoms with van der Waals surface area (Å²) in [5.74, 6) is 0.355. The second-order valence-corrected chi connectivity index (χ2v) is 9.58. The zero-order valence-electron chi connectivity index (χ0n) is 16.6. The summed E-state index contributed by atoms with van der Waals surface area (Å²) in [7, 11) is -3.69. The molecule has 0 fully saturated rings. The van der Waals surface area contributed by atoms with Crippen molar-refractivity contribution in [3.63, 3.8) is 0 Å². The Morgan fingerprint density at radius 3 is 2.48 bits per heavy atom. The van der Waals surface area contributed by atoms with Crippen LogP contribution in [0.25, 0.3) is 0 Å². The van der Waals surface area contributed by atoms with Crippen LogP contribution < -0.4 is 4.74 Å². The number of benzene rings is 3.